The van der Waals surface area contributed by atoms with Crippen molar-refractivity contribution in [2.24, 2.45) is 0 Å². The Morgan fingerprint density at radius 3 is 2.41 bits per heavy atom. The minimum absolute atomic E-state index is 0.116. The van der Waals surface area contributed by atoms with Gasteiger partial charge >= 0.3 is 5.97 Å². The number of ether oxygens (including phenoxy) is 2. The third-order valence-corrected chi connectivity index (χ3v) is 4.20. The molecule has 0 atom stereocenters. The average molecular weight is 437 g/mol. The molecule has 142 valence electrons. The second kappa shape index (κ2) is 9.13. The number of halogens is 1. The van der Waals surface area contributed by atoms with Crippen molar-refractivity contribution in [2.75, 3.05) is 18.5 Å². The summed E-state index contributed by atoms with van der Waals surface area (Å²) in [4.78, 5) is 33.8. The summed E-state index contributed by atoms with van der Waals surface area (Å²) in [6, 6.07) is 9.51. The molecule has 0 heterocycles. The van der Waals surface area contributed by atoms with Crippen LogP contribution < -0.4 is 10.1 Å². The fraction of sp³-hybridized carbons (Fsp3) is 0.222. The molecule has 27 heavy (non-hydrogen) atoms. The average Bonchev–Trinajstić information content (AvgIpc) is 2.61. The van der Waals surface area contributed by atoms with Crippen LogP contribution in [0, 0.1) is 24.0 Å². The van der Waals surface area contributed by atoms with Crippen molar-refractivity contribution in [3.05, 3.63) is 62.1 Å². The number of non-ortho nitro benzene ring substituents is 1. The molecule has 0 spiro atoms. The third kappa shape index (κ3) is 5.78. The molecule has 2 rings (SSSR count). The van der Waals surface area contributed by atoms with Crippen LogP contribution in [0.5, 0.6) is 5.75 Å². The first-order chi connectivity index (χ1) is 12.8. The van der Waals surface area contributed by atoms with Crippen molar-refractivity contribution < 1.29 is 24.0 Å². The molecule has 1 N–H and O–H groups in total. The molecule has 8 nitrogen and oxygen atoms in total. The maximum absolute atomic E-state index is 11.9. The van der Waals surface area contributed by atoms with E-state index >= 15 is 0 Å². The number of amides is 1. The molecule has 0 saturated carbocycles. The number of benzene rings is 2. The molecule has 0 aliphatic heterocycles. The van der Waals surface area contributed by atoms with Crippen LogP contribution in [0.15, 0.2) is 40.9 Å². The van der Waals surface area contributed by atoms with Gasteiger partial charge in [0.1, 0.15) is 5.75 Å². The highest BCUT2D eigenvalue weighted by molar-refractivity contribution is 9.10. The van der Waals surface area contributed by atoms with Gasteiger partial charge in [-0.1, -0.05) is 18.2 Å². The Morgan fingerprint density at radius 1 is 1.15 bits per heavy atom. The number of aryl methyl sites for hydroxylation is 2. The molecule has 1 amide bonds. The Hall–Kier alpha value is -2.94. The molecule has 0 fully saturated rings. The zero-order chi connectivity index (χ0) is 20.0. The van der Waals surface area contributed by atoms with E-state index < -0.39 is 23.4 Å². The lowest BCUT2D eigenvalue weighted by Crippen LogP contribution is -2.24. The molecular formula is C18H17BrN2O6. The largest absolute Gasteiger partial charge is 0.481 e. The Bertz CT molecular complexity index is 864. The van der Waals surface area contributed by atoms with Gasteiger partial charge in [0.25, 0.3) is 11.6 Å². The first-order valence-electron chi connectivity index (χ1n) is 7.86. The van der Waals surface area contributed by atoms with Crippen molar-refractivity contribution in [3.8, 4) is 5.75 Å². The molecule has 2 aromatic carbocycles. The second-order valence-corrected chi connectivity index (χ2v) is 6.49. The highest BCUT2D eigenvalue weighted by Crippen LogP contribution is 2.27. The van der Waals surface area contributed by atoms with Crippen LogP contribution in [0.2, 0.25) is 0 Å². The van der Waals surface area contributed by atoms with Gasteiger partial charge in [0, 0.05) is 16.6 Å². The summed E-state index contributed by atoms with van der Waals surface area (Å²) in [6.07, 6.45) is 0. The topological polar surface area (TPSA) is 108 Å². The summed E-state index contributed by atoms with van der Waals surface area (Å²) in [6.45, 7) is 2.91. The van der Waals surface area contributed by atoms with Gasteiger partial charge in [-0.25, -0.2) is 4.79 Å². The van der Waals surface area contributed by atoms with Gasteiger partial charge in [-0.2, -0.15) is 0 Å². The number of esters is 1. The van der Waals surface area contributed by atoms with Crippen LogP contribution in [-0.4, -0.2) is 30.0 Å². The first-order valence-corrected chi connectivity index (χ1v) is 8.65. The number of rotatable bonds is 7. The van der Waals surface area contributed by atoms with E-state index in [1.165, 1.54) is 18.2 Å². The van der Waals surface area contributed by atoms with Crippen molar-refractivity contribution in [3.63, 3.8) is 0 Å². The van der Waals surface area contributed by atoms with Crippen LogP contribution in [0.3, 0.4) is 0 Å². The molecular weight excluding hydrogens is 420 g/mol. The number of nitro benzene ring substituents is 1. The van der Waals surface area contributed by atoms with E-state index in [0.717, 1.165) is 11.1 Å². The van der Waals surface area contributed by atoms with Crippen molar-refractivity contribution in [1.29, 1.82) is 0 Å². The van der Waals surface area contributed by atoms with Gasteiger partial charge < -0.3 is 14.8 Å². The third-order valence-electron chi connectivity index (χ3n) is 3.54. The molecule has 0 aliphatic carbocycles. The van der Waals surface area contributed by atoms with Crippen molar-refractivity contribution >= 4 is 39.2 Å². The predicted molar refractivity (Wildman–Crippen MR) is 102 cm³/mol. The zero-order valence-electron chi connectivity index (χ0n) is 14.7. The van der Waals surface area contributed by atoms with E-state index in [0.29, 0.717) is 15.9 Å². The Kier molecular flexibility index (Phi) is 6.89. The summed E-state index contributed by atoms with van der Waals surface area (Å²) in [5.41, 5.74) is 2.00. The lowest BCUT2D eigenvalue weighted by Gasteiger charge is -2.12. The number of hydrogen-bond donors (Lipinski definition) is 1. The molecule has 0 bridgehead atoms. The zero-order valence-corrected chi connectivity index (χ0v) is 16.2. The fourth-order valence-electron chi connectivity index (χ4n) is 2.25. The second-order valence-electron chi connectivity index (χ2n) is 5.64. The van der Waals surface area contributed by atoms with E-state index in [9.17, 15) is 19.7 Å². The highest BCUT2D eigenvalue weighted by atomic mass is 79.9. The monoisotopic (exact) mass is 436 g/mol. The van der Waals surface area contributed by atoms with Crippen molar-refractivity contribution in [2.45, 2.75) is 13.8 Å². The summed E-state index contributed by atoms with van der Waals surface area (Å²) in [5.74, 6) is -0.658. The van der Waals surface area contributed by atoms with Gasteiger partial charge in [-0.3, -0.25) is 14.9 Å². The van der Waals surface area contributed by atoms with E-state index in [4.69, 9.17) is 9.47 Å². The molecule has 0 radical (unpaired) electrons. The number of hydrogen-bond acceptors (Lipinski definition) is 6. The normalized spacial score (nSPS) is 10.2. The minimum Gasteiger partial charge on any atom is -0.481 e. The standard InChI is InChI=1S/C18H17BrN2O6/c1-11-4-3-5-12(2)18(11)27-10-17(23)26-9-16(22)20-15-7-6-13(21(24)25)8-14(15)19/h3-8H,9-10H2,1-2H3,(H,20,22). The van der Waals surface area contributed by atoms with E-state index in [1.807, 2.05) is 32.0 Å². The number of carbonyl (C=O) groups is 2. The van der Waals surface area contributed by atoms with Crippen LogP contribution >= 0.6 is 15.9 Å². The lowest BCUT2D eigenvalue weighted by atomic mass is 10.1. The fourth-order valence-corrected chi connectivity index (χ4v) is 2.72. The van der Waals surface area contributed by atoms with E-state index in [2.05, 4.69) is 21.2 Å². The Morgan fingerprint density at radius 2 is 1.81 bits per heavy atom. The molecule has 9 heteroatoms. The van der Waals surface area contributed by atoms with Crippen molar-refractivity contribution in [1.82, 2.24) is 0 Å². The number of para-hydroxylation sites is 1. The Labute approximate surface area is 163 Å². The summed E-state index contributed by atoms with van der Waals surface area (Å²) >= 11 is 3.14. The number of nitrogens with one attached hydrogen (secondary N) is 1. The SMILES string of the molecule is Cc1cccc(C)c1OCC(=O)OCC(=O)Nc1ccc([N+](=O)[O-])cc1Br. The van der Waals surface area contributed by atoms with Crippen LogP contribution in [0.4, 0.5) is 11.4 Å². The number of anilines is 1. The Balaban J connectivity index is 1.83. The molecule has 2 aromatic rings. The lowest BCUT2D eigenvalue weighted by molar-refractivity contribution is -0.384. The molecule has 0 aliphatic rings. The van der Waals surface area contributed by atoms with Crippen LogP contribution in [-0.2, 0) is 14.3 Å². The minimum atomic E-state index is -0.685. The first kappa shape index (κ1) is 20.4. The maximum atomic E-state index is 11.9. The smallest absolute Gasteiger partial charge is 0.344 e. The number of nitrogens with zero attached hydrogens (tertiary/aromatic N) is 1. The van der Waals surface area contributed by atoms with Gasteiger partial charge in [0.05, 0.1) is 10.6 Å². The predicted octanol–water partition coefficient (Wildman–Crippen LogP) is 3.53. The molecule has 0 saturated heterocycles. The number of carbonyl (C=O) groups excluding carboxylic acids is 2. The van der Waals surface area contributed by atoms with Gasteiger partial charge in [-0.15, -0.1) is 0 Å². The molecule has 0 aromatic heterocycles. The molecule has 0 unspecified atom stereocenters. The highest BCUT2D eigenvalue weighted by Gasteiger charge is 2.13. The summed E-state index contributed by atoms with van der Waals surface area (Å²) in [7, 11) is 0. The number of nitro groups is 1. The van der Waals surface area contributed by atoms with E-state index in [-0.39, 0.29) is 12.3 Å². The maximum Gasteiger partial charge on any atom is 0.344 e. The van der Waals surface area contributed by atoms with Gasteiger partial charge in [-0.05, 0) is 47.0 Å². The van der Waals surface area contributed by atoms with Crippen LogP contribution in [0.1, 0.15) is 11.1 Å². The van der Waals surface area contributed by atoms with Gasteiger partial charge in [0.2, 0.25) is 0 Å². The quantitative estimate of drug-likeness (QED) is 0.403. The summed E-state index contributed by atoms with van der Waals surface area (Å²) in [5, 5.41) is 13.2. The van der Waals surface area contributed by atoms with Crippen LogP contribution in [0.25, 0.3) is 0 Å². The summed E-state index contributed by atoms with van der Waals surface area (Å²) < 4.78 is 10.7. The van der Waals surface area contributed by atoms with E-state index in [1.54, 1.807) is 0 Å². The van der Waals surface area contributed by atoms with Gasteiger partial charge in [0.15, 0.2) is 13.2 Å².